The van der Waals surface area contributed by atoms with Crippen LogP contribution >= 0.6 is 0 Å². The van der Waals surface area contributed by atoms with Gasteiger partial charge in [-0.1, -0.05) is 19.8 Å². The first-order valence-corrected chi connectivity index (χ1v) is 9.35. The molecule has 0 aliphatic carbocycles. The molecule has 1 unspecified atom stereocenters. The zero-order valence-corrected chi connectivity index (χ0v) is 14.6. The highest BCUT2D eigenvalue weighted by molar-refractivity contribution is 5.80. The molecular formula is C19H28N2O3. The lowest BCUT2D eigenvalue weighted by Gasteiger charge is -2.29. The van der Waals surface area contributed by atoms with Gasteiger partial charge in [0.1, 0.15) is 11.5 Å². The lowest BCUT2D eigenvalue weighted by atomic mass is 10.1. The van der Waals surface area contributed by atoms with Gasteiger partial charge in [-0.2, -0.15) is 0 Å². The summed E-state index contributed by atoms with van der Waals surface area (Å²) in [7, 11) is 0. The number of nitrogens with zero attached hydrogens (tertiary/aromatic N) is 2. The van der Waals surface area contributed by atoms with Crippen molar-refractivity contribution in [1.82, 2.24) is 9.80 Å². The highest BCUT2D eigenvalue weighted by Gasteiger charge is 2.29. The third kappa shape index (κ3) is 3.82. The van der Waals surface area contributed by atoms with Gasteiger partial charge < -0.3 is 14.2 Å². The minimum atomic E-state index is 0.0505. The van der Waals surface area contributed by atoms with Crippen LogP contribution in [0.1, 0.15) is 69.4 Å². The van der Waals surface area contributed by atoms with E-state index in [2.05, 4.69) is 6.92 Å². The van der Waals surface area contributed by atoms with Crippen LogP contribution in [0.5, 0.6) is 0 Å². The maximum Gasteiger partial charge on any atom is 0.224 e. The normalized spacial score (nSPS) is 22.0. The van der Waals surface area contributed by atoms with Gasteiger partial charge in [-0.05, 0) is 31.4 Å². The molecule has 1 aromatic rings. The van der Waals surface area contributed by atoms with Crippen molar-refractivity contribution in [3.8, 4) is 0 Å². The van der Waals surface area contributed by atoms with Gasteiger partial charge in [0.15, 0.2) is 0 Å². The fourth-order valence-corrected chi connectivity index (χ4v) is 3.78. The van der Waals surface area contributed by atoms with E-state index in [1.165, 1.54) is 0 Å². The van der Waals surface area contributed by atoms with Gasteiger partial charge in [0.25, 0.3) is 0 Å². The quantitative estimate of drug-likeness (QED) is 0.831. The average Bonchev–Trinajstić information content (AvgIpc) is 3.15. The summed E-state index contributed by atoms with van der Waals surface area (Å²) in [5.74, 6) is 2.23. The number of carbonyl (C=O) groups excluding carboxylic acids is 2. The molecule has 0 radical (unpaired) electrons. The van der Waals surface area contributed by atoms with Crippen LogP contribution in [-0.4, -0.2) is 41.2 Å². The van der Waals surface area contributed by atoms with Gasteiger partial charge in [0, 0.05) is 38.9 Å². The molecule has 0 spiro atoms. The zero-order chi connectivity index (χ0) is 16.9. The van der Waals surface area contributed by atoms with Crippen molar-refractivity contribution >= 4 is 11.8 Å². The Labute approximate surface area is 144 Å². The Balaban J connectivity index is 1.67. The Morgan fingerprint density at radius 2 is 2.08 bits per heavy atom. The maximum absolute atomic E-state index is 12.8. The number of furan rings is 1. The second-order valence-electron chi connectivity index (χ2n) is 6.84. The highest BCUT2D eigenvalue weighted by atomic mass is 16.3. The van der Waals surface area contributed by atoms with E-state index >= 15 is 0 Å². The van der Waals surface area contributed by atoms with E-state index < -0.39 is 0 Å². The first-order chi connectivity index (χ1) is 11.7. The lowest BCUT2D eigenvalue weighted by Crippen LogP contribution is -2.37. The van der Waals surface area contributed by atoms with Crippen molar-refractivity contribution in [3.05, 3.63) is 23.7 Å². The third-order valence-electron chi connectivity index (χ3n) is 5.20. The molecule has 0 bridgehead atoms. The largest absolute Gasteiger partial charge is 0.464 e. The SMILES string of the molecule is CCc1ccc(C2CCCCCN2C(=O)CCN2CCCC2=O)o1. The molecule has 2 aliphatic heterocycles. The lowest BCUT2D eigenvalue weighted by molar-refractivity contribution is -0.135. The Bertz CT molecular complexity index is 581. The summed E-state index contributed by atoms with van der Waals surface area (Å²) in [5, 5.41) is 0. The molecule has 3 heterocycles. The Morgan fingerprint density at radius 3 is 2.79 bits per heavy atom. The van der Waals surface area contributed by atoms with Crippen LogP contribution in [0.3, 0.4) is 0 Å². The molecule has 24 heavy (non-hydrogen) atoms. The van der Waals surface area contributed by atoms with Crippen molar-refractivity contribution in [3.63, 3.8) is 0 Å². The van der Waals surface area contributed by atoms with Crippen LogP contribution < -0.4 is 0 Å². The Morgan fingerprint density at radius 1 is 1.21 bits per heavy atom. The van der Waals surface area contributed by atoms with Gasteiger partial charge in [-0.3, -0.25) is 9.59 Å². The number of aryl methyl sites for hydroxylation is 1. The van der Waals surface area contributed by atoms with E-state index in [-0.39, 0.29) is 17.9 Å². The van der Waals surface area contributed by atoms with Crippen LogP contribution in [0, 0.1) is 0 Å². The Kier molecular flexibility index (Phi) is 5.59. The van der Waals surface area contributed by atoms with Crippen molar-refractivity contribution in [1.29, 1.82) is 0 Å². The van der Waals surface area contributed by atoms with Crippen molar-refractivity contribution in [2.45, 2.75) is 64.3 Å². The first kappa shape index (κ1) is 17.1. The summed E-state index contributed by atoms with van der Waals surface area (Å²) in [4.78, 5) is 28.4. The standard InChI is InChI=1S/C19H28N2O3/c1-2-15-9-10-17(24-15)16-7-4-3-5-13-21(16)19(23)11-14-20-12-6-8-18(20)22/h9-10,16H,2-8,11-14H2,1H3. The third-order valence-corrected chi connectivity index (χ3v) is 5.20. The zero-order valence-electron chi connectivity index (χ0n) is 14.6. The minimum absolute atomic E-state index is 0.0505. The number of carbonyl (C=O) groups is 2. The molecule has 3 rings (SSSR count). The van der Waals surface area contributed by atoms with Crippen molar-refractivity contribution < 1.29 is 14.0 Å². The van der Waals surface area contributed by atoms with E-state index in [4.69, 9.17) is 4.42 Å². The summed E-state index contributed by atoms with van der Waals surface area (Å²) in [6, 6.07) is 4.10. The number of hydrogen-bond acceptors (Lipinski definition) is 3. The second kappa shape index (κ2) is 7.86. The molecule has 5 heteroatoms. The van der Waals surface area contributed by atoms with Gasteiger partial charge in [0.05, 0.1) is 6.04 Å². The first-order valence-electron chi connectivity index (χ1n) is 9.35. The minimum Gasteiger partial charge on any atom is -0.464 e. The molecule has 5 nitrogen and oxygen atoms in total. The second-order valence-corrected chi connectivity index (χ2v) is 6.84. The monoisotopic (exact) mass is 332 g/mol. The molecule has 2 amide bonds. The van der Waals surface area contributed by atoms with E-state index in [1.54, 1.807) is 0 Å². The topological polar surface area (TPSA) is 53.8 Å². The summed E-state index contributed by atoms with van der Waals surface area (Å²) in [6.45, 7) is 4.22. The van der Waals surface area contributed by atoms with Crippen LogP contribution in [0.25, 0.3) is 0 Å². The predicted octanol–water partition coefficient (Wildman–Crippen LogP) is 3.30. The van der Waals surface area contributed by atoms with Crippen LogP contribution in [0.4, 0.5) is 0 Å². The van der Waals surface area contributed by atoms with E-state index in [0.717, 1.165) is 63.1 Å². The summed E-state index contributed by atoms with van der Waals surface area (Å²) < 4.78 is 5.94. The fraction of sp³-hybridized carbons (Fsp3) is 0.684. The average molecular weight is 332 g/mol. The van der Waals surface area contributed by atoms with Crippen molar-refractivity contribution in [2.24, 2.45) is 0 Å². The van der Waals surface area contributed by atoms with Crippen LogP contribution in [0.2, 0.25) is 0 Å². The molecule has 2 saturated heterocycles. The maximum atomic E-state index is 12.8. The van der Waals surface area contributed by atoms with Gasteiger partial charge >= 0.3 is 0 Å². The van der Waals surface area contributed by atoms with E-state index in [9.17, 15) is 9.59 Å². The molecule has 2 aliphatic rings. The van der Waals surface area contributed by atoms with Gasteiger partial charge in [-0.15, -0.1) is 0 Å². The van der Waals surface area contributed by atoms with Crippen molar-refractivity contribution in [2.75, 3.05) is 19.6 Å². The fourth-order valence-electron chi connectivity index (χ4n) is 3.78. The molecule has 132 valence electrons. The van der Waals surface area contributed by atoms with Gasteiger partial charge in [0.2, 0.25) is 11.8 Å². The summed E-state index contributed by atoms with van der Waals surface area (Å²) >= 11 is 0. The molecule has 0 aromatic carbocycles. The molecule has 2 fully saturated rings. The number of rotatable bonds is 5. The van der Waals surface area contributed by atoms with Crippen LogP contribution in [0.15, 0.2) is 16.5 Å². The summed E-state index contributed by atoms with van der Waals surface area (Å²) in [5.41, 5.74) is 0. The molecule has 0 N–H and O–H groups in total. The van der Waals surface area contributed by atoms with E-state index in [1.807, 2.05) is 21.9 Å². The smallest absolute Gasteiger partial charge is 0.224 e. The van der Waals surface area contributed by atoms with E-state index in [0.29, 0.717) is 19.4 Å². The molecular weight excluding hydrogens is 304 g/mol. The Hall–Kier alpha value is -1.78. The summed E-state index contributed by atoms with van der Waals surface area (Å²) in [6.07, 6.45) is 7.14. The highest BCUT2D eigenvalue weighted by Crippen LogP contribution is 2.32. The van der Waals surface area contributed by atoms with Crippen LogP contribution in [-0.2, 0) is 16.0 Å². The molecule has 1 atom stereocenters. The molecule has 0 saturated carbocycles. The predicted molar refractivity (Wildman–Crippen MR) is 91.4 cm³/mol. The number of likely N-dealkylation sites (tertiary alicyclic amines) is 2. The number of amides is 2. The van der Waals surface area contributed by atoms with Gasteiger partial charge in [-0.25, -0.2) is 0 Å². The molecule has 1 aromatic heterocycles. The number of hydrogen-bond donors (Lipinski definition) is 0.